The fourth-order valence-corrected chi connectivity index (χ4v) is 4.65. The maximum Gasteiger partial charge on any atom is 0.213 e. The first-order chi connectivity index (χ1) is 15.2. The second kappa shape index (κ2) is 8.05. The number of rotatable bonds is 7. The van der Waals surface area contributed by atoms with E-state index >= 15 is 0 Å². The predicted octanol–water partition coefficient (Wildman–Crippen LogP) is 4.74. The molecule has 2 aromatic carbocycles. The van der Waals surface area contributed by atoms with E-state index in [0.717, 1.165) is 44.8 Å². The summed E-state index contributed by atoms with van der Waals surface area (Å²) in [6, 6.07) is 14.0. The predicted molar refractivity (Wildman–Crippen MR) is 122 cm³/mol. The van der Waals surface area contributed by atoms with Crippen molar-refractivity contribution in [2.24, 2.45) is 0 Å². The minimum absolute atomic E-state index is 0.658. The van der Waals surface area contributed by atoms with Gasteiger partial charge in [0.25, 0.3) is 0 Å². The quantitative estimate of drug-likeness (QED) is 0.370. The van der Waals surface area contributed by atoms with Crippen LogP contribution in [0.5, 0.6) is 11.5 Å². The molecule has 0 atom stereocenters. The second-order valence-corrected chi connectivity index (χ2v) is 8.03. The Kier molecular flexibility index (Phi) is 5.09. The van der Waals surface area contributed by atoms with E-state index in [1.807, 2.05) is 28.9 Å². The first-order valence-corrected chi connectivity index (χ1v) is 10.7. The highest BCUT2D eigenvalue weighted by Crippen LogP contribution is 2.36. The van der Waals surface area contributed by atoms with Crippen LogP contribution in [-0.4, -0.2) is 47.1 Å². The first-order valence-electron chi connectivity index (χ1n) is 9.87. The van der Waals surface area contributed by atoms with Gasteiger partial charge in [-0.25, -0.2) is 9.50 Å². The van der Waals surface area contributed by atoms with Crippen molar-refractivity contribution in [2.45, 2.75) is 6.54 Å². The zero-order valence-electron chi connectivity index (χ0n) is 17.5. The average Bonchev–Trinajstić information content (AvgIpc) is 3.48. The van der Waals surface area contributed by atoms with Crippen molar-refractivity contribution >= 4 is 27.2 Å². The van der Waals surface area contributed by atoms with Gasteiger partial charge in [-0.2, -0.15) is 5.10 Å². The summed E-state index contributed by atoms with van der Waals surface area (Å²) in [4.78, 5) is 5.63. The van der Waals surface area contributed by atoms with Gasteiger partial charge >= 0.3 is 0 Å². The summed E-state index contributed by atoms with van der Waals surface area (Å²) < 4.78 is 20.2. The van der Waals surface area contributed by atoms with Gasteiger partial charge in [0.15, 0.2) is 0 Å². The highest BCUT2D eigenvalue weighted by molar-refractivity contribution is 7.20. The van der Waals surface area contributed by atoms with Crippen molar-refractivity contribution in [3.8, 4) is 33.3 Å². The van der Waals surface area contributed by atoms with E-state index in [-0.39, 0.29) is 0 Å². The van der Waals surface area contributed by atoms with Crippen molar-refractivity contribution in [3.63, 3.8) is 0 Å². The highest BCUT2D eigenvalue weighted by atomic mass is 32.1. The van der Waals surface area contributed by atoms with Gasteiger partial charge in [0, 0.05) is 41.9 Å². The molecule has 0 aliphatic carbocycles. The molecule has 5 aromatic rings. The lowest BCUT2D eigenvalue weighted by Gasteiger charge is -2.08. The molecular formula is C23H22N4O3S. The van der Waals surface area contributed by atoms with E-state index in [0.29, 0.717) is 6.61 Å². The van der Waals surface area contributed by atoms with Gasteiger partial charge in [-0.3, -0.25) is 0 Å². The molecule has 0 radical (unpaired) electrons. The fraction of sp³-hybridized carbons (Fsp3) is 0.217. The Balaban J connectivity index is 1.57. The van der Waals surface area contributed by atoms with E-state index < -0.39 is 0 Å². The first kappa shape index (κ1) is 19.6. The minimum Gasteiger partial charge on any atom is -0.497 e. The number of para-hydroxylation sites is 1. The molecule has 0 aliphatic heterocycles. The molecule has 3 heterocycles. The molecule has 0 saturated carbocycles. The van der Waals surface area contributed by atoms with Crippen LogP contribution in [0.2, 0.25) is 0 Å². The monoisotopic (exact) mass is 434 g/mol. The number of hydrogen-bond acceptors (Lipinski definition) is 6. The van der Waals surface area contributed by atoms with Gasteiger partial charge < -0.3 is 18.8 Å². The Bertz CT molecular complexity index is 1340. The third-order valence-electron chi connectivity index (χ3n) is 5.28. The molecule has 0 N–H and O–H groups in total. The number of fused-ring (bicyclic) bond motifs is 2. The maximum absolute atomic E-state index is 5.51. The van der Waals surface area contributed by atoms with Crippen LogP contribution in [0.4, 0.5) is 0 Å². The van der Waals surface area contributed by atoms with Crippen molar-refractivity contribution in [1.82, 2.24) is 19.2 Å². The van der Waals surface area contributed by atoms with Crippen molar-refractivity contribution in [2.75, 3.05) is 27.9 Å². The summed E-state index contributed by atoms with van der Waals surface area (Å²) in [5.41, 5.74) is 3.94. The molecule has 31 heavy (non-hydrogen) atoms. The SMILES string of the molecule is COCCn1cc(-c2nn3cc(-c4cc(OC)ccc4OC)nc3s2)c2ccccc21. The van der Waals surface area contributed by atoms with Gasteiger partial charge in [-0.1, -0.05) is 29.5 Å². The highest BCUT2D eigenvalue weighted by Gasteiger charge is 2.17. The standard InChI is InChI=1S/C23H22N4O3S/c1-28-11-10-26-13-18(16-6-4-5-7-20(16)26)22-25-27-14-19(24-23(27)31-22)17-12-15(29-2)8-9-21(17)30-3/h4-9,12-14H,10-11H2,1-3H3. The third-order valence-corrected chi connectivity index (χ3v) is 6.24. The van der Waals surface area contributed by atoms with Crippen LogP contribution in [0.25, 0.3) is 37.7 Å². The zero-order valence-corrected chi connectivity index (χ0v) is 18.3. The fourth-order valence-electron chi connectivity index (χ4n) is 3.74. The Morgan fingerprint density at radius 3 is 2.61 bits per heavy atom. The van der Waals surface area contributed by atoms with Crippen LogP contribution in [-0.2, 0) is 11.3 Å². The van der Waals surface area contributed by atoms with E-state index in [2.05, 4.69) is 35.0 Å². The summed E-state index contributed by atoms with van der Waals surface area (Å²) in [6.07, 6.45) is 4.07. The largest absolute Gasteiger partial charge is 0.497 e. The minimum atomic E-state index is 0.658. The summed E-state index contributed by atoms with van der Waals surface area (Å²) in [6.45, 7) is 1.45. The molecule has 0 bridgehead atoms. The molecule has 0 aliphatic rings. The van der Waals surface area contributed by atoms with Gasteiger partial charge in [0.2, 0.25) is 4.96 Å². The van der Waals surface area contributed by atoms with E-state index in [1.54, 1.807) is 32.7 Å². The Morgan fingerprint density at radius 2 is 1.84 bits per heavy atom. The summed E-state index contributed by atoms with van der Waals surface area (Å²) in [5, 5.41) is 6.93. The Hall–Kier alpha value is -3.36. The lowest BCUT2D eigenvalue weighted by molar-refractivity contribution is 0.188. The zero-order chi connectivity index (χ0) is 21.4. The van der Waals surface area contributed by atoms with Crippen LogP contribution in [0.1, 0.15) is 0 Å². The van der Waals surface area contributed by atoms with E-state index in [1.165, 1.54) is 10.9 Å². The lowest BCUT2D eigenvalue weighted by Crippen LogP contribution is -2.02. The van der Waals surface area contributed by atoms with Gasteiger partial charge in [-0.15, -0.1) is 0 Å². The Morgan fingerprint density at radius 1 is 0.968 bits per heavy atom. The normalized spacial score (nSPS) is 11.5. The maximum atomic E-state index is 5.51. The molecule has 0 spiro atoms. The van der Waals surface area contributed by atoms with Crippen molar-refractivity contribution in [1.29, 1.82) is 0 Å². The van der Waals surface area contributed by atoms with Crippen LogP contribution < -0.4 is 9.47 Å². The number of methoxy groups -OCH3 is 3. The summed E-state index contributed by atoms with van der Waals surface area (Å²) in [7, 11) is 5.02. The van der Waals surface area contributed by atoms with Gasteiger partial charge in [0.1, 0.15) is 16.5 Å². The summed E-state index contributed by atoms with van der Waals surface area (Å²) >= 11 is 1.57. The number of ether oxygens (including phenoxy) is 3. The number of nitrogens with zero attached hydrogens (tertiary/aromatic N) is 4. The van der Waals surface area contributed by atoms with Crippen molar-refractivity contribution in [3.05, 3.63) is 54.9 Å². The van der Waals surface area contributed by atoms with Gasteiger partial charge in [-0.05, 0) is 24.3 Å². The average molecular weight is 435 g/mol. The molecule has 8 heteroatoms. The van der Waals surface area contributed by atoms with E-state index in [9.17, 15) is 0 Å². The van der Waals surface area contributed by atoms with E-state index in [4.69, 9.17) is 24.3 Å². The lowest BCUT2D eigenvalue weighted by atomic mass is 10.1. The molecule has 0 saturated heterocycles. The topological polar surface area (TPSA) is 62.8 Å². The van der Waals surface area contributed by atoms with Crippen molar-refractivity contribution < 1.29 is 14.2 Å². The van der Waals surface area contributed by atoms with Crippen LogP contribution in [0.3, 0.4) is 0 Å². The molecular weight excluding hydrogens is 412 g/mol. The molecule has 0 amide bonds. The smallest absolute Gasteiger partial charge is 0.213 e. The summed E-state index contributed by atoms with van der Waals surface area (Å²) in [5.74, 6) is 1.50. The Labute approximate surface area is 183 Å². The third kappa shape index (κ3) is 3.43. The number of hydrogen-bond donors (Lipinski definition) is 0. The molecule has 3 aromatic heterocycles. The molecule has 0 fully saturated rings. The molecule has 0 unspecified atom stereocenters. The number of aromatic nitrogens is 4. The van der Waals surface area contributed by atoms with Crippen LogP contribution in [0, 0.1) is 0 Å². The molecule has 5 rings (SSSR count). The van der Waals surface area contributed by atoms with Crippen LogP contribution >= 0.6 is 11.3 Å². The number of benzene rings is 2. The second-order valence-electron chi connectivity index (χ2n) is 7.07. The molecule has 7 nitrogen and oxygen atoms in total. The van der Waals surface area contributed by atoms with Gasteiger partial charge in [0.05, 0.1) is 32.7 Å². The number of imidazole rings is 1. The molecule has 158 valence electrons. The van der Waals surface area contributed by atoms with Crippen LogP contribution in [0.15, 0.2) is 54.9 Å².